The van der Waals surface area contributed by atoms with Crippen molar-refractivity contribution in [3.8, 4) is 5.75 Å². The average molecular weight is 324 g/mol. The predicted molar refractivity (Wildman–Crippen MR) is 79.4 cm³/mol. The first-order valence-corrected chi connectivity index (χ1v) is 8.33. The van der Waals surface area contributed by atoms with Crippen LogP contribution in [0.25, 0.3) is 0 Å². The van der Waals surface area contributed by atoms with Gasteiger partial charge in [0.1, 0.15) is 5.75 Å². The molecule has 0 saturated heterocycles. The molecule has 2 rings (SSSR count). The minimum absolute atomic E-state index is 0.0592. The van der Waals surface area contributed by atoms with Crippen molar-refractivity contribution < 1.29 is 17.9 Å². The van der Waals surface area contributed by atoms with Gasteiger partial charge in [0.2, 0.25) is 26.8 Å². The number of H-pyrrole nitrogens is 1. The molecule has 0 fully saturated rings. The van der Waals surface area contributed by atoms with Gasteiger partial charge in [-0.25, -0.2) is 13.5 Å². The van der Waals surface area contributed by atoms with Crippen LogP contribution >= 0.6 is 0 Å². The van der Waals surface area contributed by atoms with Gasteiger partial charge in [-0.1, -0.05) is 12.1 Å². The van der Waals surface area contributed by atoms with Crippen molar-refractivity contribution in [2.24, 2.45) is 0 Å². The van der Waals surface area contributed by atoms with E-state index >= 15 is 0 Å². The lowest BCUT2D eigenvalue weighted by Crippen LogP contribution is -2.13. The lowest BCUT2D eigenvalue weighted by molar-refractivity contribution is -0.116. The number of aromatic amines is 1. The van der Waals surface area contributed by atoms with Crippen molar-refractivity contribution in [3.63, 3.8) is 0 Å². The molecule has 0 aliphatic heterocycles. The zero-order valence-corrected chi connectivity index (χ0v) is 13.0. The van der Waals surface area contributed by atoms with E-state index in [0.717, 1.165) is 17.6 Å². The summed E-state index contributed by atoms with van der Waals surface area (Å²) in [5, 5.41) is 8.06. The van der Waals surface area contributed by atoms with Crippen LogP contribution in [0.5, 0.6) is 5.75 Å². The second kappa shape index (κ2) is 6.56. The molecule has 1 aromatic heterocycles. The van der Waals surface area contributed by atoms with Crippen LogP contribution in [-0.2, 0) is 21.1 Å². The molecule has 22 heavy (non-hydrogen) atoms. The van der Waals surface area contributed by atoms with E-state index in [1.165, 1.54) is 0 Å². The number of methoxy groups -OCH3 is 1. The fourth-order valence-corrected chi connectivity index (χ4v) is 2.21. The van der Waals surface area contributed by atoms with Crippen LogP contribution in [0.1, 0.15) is 12.0 Å². The average Bonchev–Trinajstić information content (AvgIpc) is 2.94. The summed E-state index contributed by atoms with van der Waals surface area (Å²) in [6, 6.07) is 7.41. The number of nitrogens with one attached hydrogen (secondary N) is 2. The number of hydrogen-bond donors (Lipinski definition) is 2. The quantitative estimate of drug-likeness (QED) is 0.812. The van der Waals surface area contributed by atoms with Crippen LogP contribution in [0.4, 0.5) is 5.95 Å². The molecule has 9 heteroatoms. The maximum Gasteiger partial charge on any atom is 0.249 e. The highest BCUT2D eigenvalue weighted by Gasteiger charge is 2.14. The number of amides is 1. The van der Waals surface area contributed by atoms with E-state index in [1.54, 1.807) is 7.11 Å². The smallest absolute Gasteiger partial charge is 0.249 e. The second-order valence-electron chi connectivity index (χ2n) is 4.64. The molecule has 2 aromatic rings. The number of benzene rings is 1. The van der Waals surface area contributed by atoms with Crippen molar-refractivity contribution >= 4 is 21.7 Å². The van der Waals surface area contributed by atoms with Gasteiger partial charge in [0, 0.05) is 12.7 Å². The summed E-state index contributed by atoms with van der Waals surface area (Å²) in [5.74, 6) is 0.364. The Kier molecular flexibility index (Phi) is 4.76. The highest BCUT2D eigenvalue weighted by molar-refractivity contribution is 7.90. The van der Waals surface area contributed by atoms with Crippen molar-refractivity contribution in [1.82, 2.24) is 15.2 Å². The number of carbonyl (C=O) groups is 1. The molecule has 1 amide bonds. The lowest BCUT2D eigenvalue weighted by atomic mass is 10.1. The van der Waals surface area contributed by atoms with Gasteiger partial charge in [-0.3, -0.25) is 10.1 Å². The maximum atomic E-state index is 11.8. The van der Waals surface area contributed by atoms with E-state index in [4.69, 9.17) is 4.74 Å². The van der Waals surface area contributed by atoms with E-state index in [1.807, 2.05) is 24.3 Å². The molecule has 8 nitrogen and oxygen atoms in total. The Balaban J connectivity index is 1.91. The number of nitrogens with zero attached hydrogens (tertiary/aromatic N) is 2. The third-order valence-corrected chi connectivity index (χ3v) is 3.73. The van der Waals surface area contributed by atoms with Gasteiger partial charge in [0.05, 0.1) is 7.11 Å². The standard InChI is InChI=1S/C13H16N4O4S/c1-21-10-5-3-4-9(8-10)6-7-11(18)14-12-15-13(17-16-12)22(2,19)20/h3-5,8H,6-7H2,1-2H3,(H2,14,15,16,17,18). The van der Waals surface area contributed by atoms with Crippen molar-refractivity contribution in [2.45, 2.75) is 18.0 Å². The Bertz CT molecular complexity index is 770. The first-order valence-electron chi connectivity index (χ1n) is 6.44. The number of aryl methyl sites for hydroxylation is 1. The Labute approximate surface area is 127 Å². The Morgan fingerprint density at radius 1 is 1.41 bits per heavy atom. The molecule has 0 spiro atoms. The summed E-state index contributed by atoms with van der Waals surface area (Å²) in [6.07, 6.45) is 1.74. The molecule has 0 radical (unpaired) electrons. The zero-order valence-electron chi connectivity index (χ0n) is 12.2. The number of carbonyl (C=O) groups excluding carboxylic acids is 1. The summed E-state index contributed by atoms with van der Waals surface area (Å²) in [7, 11) is -1.90. The normalized spacial score (nSPS) is 11.2. The molecule has 1 heterocycles. The monoisotopic (exact) mass is 324 g/mol. The highest BCUT2D eigenvalue weighted by Crippen LogP contribution is 2.14. The topological polar surface area (TPSA) is 114 Å². The summed E-state index contributed by atoms with van der Waals surface area (Å²) < 4.78 is 27.6. The van der Waals surface area contributed by atoms with Crippen LogP contribution in [0.15, 0.2) is 29.4 Å². The minimum atomic E-state index is -3.48. The van der Waals surface area contributed by atoms with Crippen molar-refractivity contribution in [1.29, 1.82) is 0 Å². The van der Waals surface area contributed by atoms with Gasteiger partial charge in [0.15, 0.2) is 0 Å². The van der Waals surface area contributed by atoms with Crippen LogP contribution < -0.4 is 10.1 Å². The fraction of sp³-hybridized carbons (Fsp3) is 0.308. The number of aromatic nitrogens is 3. The number of sulfone groups is 1. The fourth-order valence-electron chi connectivity index (χ4n) is 1.74. The highest BCUT2D eigenvalue weighted by atomic mass is 32.2. The molecule has 0 saturated carbocycles. The van der Waals surface area contributed by atoms with Gasteiger partial charge >= 0.3 is 0 Å². The van der Waals surface area contributed by atoms with Gasteiger partial charge < -0.3 is 4.74 Å². The van der Waals surface area contributed by atoms with E-state index in [2.05, 4.69) is 20.5 Å². The van der Waals surface area contributed by atoms with Crippen LogP contribution in [0, 0.1) is 0 Å². The van der Waals surface area contributed by atoms with Crippen LogP contribution in [0.2, 0.25) is 0 Å². The number of ether oxygens (including phenoxy) is 1. The third-order valence-electron chi connectivity index (χ3n) is 2.84. The van der Waals surface area contributed by atoms with Crippen molar-refractivity contribution in [2.75, 3.05) is 18.7 Å². The third kappa shape index (κ3) is 4.29. The molecule has 0 aliphatic carbocycles. The predicted octanol–water partition coefficient (Wildman–Crippen LogP) is 0.788. The SMILES string of the molecule is COc1cccc(CCC(=O)Nc2n[nH]c(S(C)(=O)=O)n2)c1. The van der Waals surface area contributed by atoms with Crippen molar-refractivity contribution in [3.05, 3.63) is 29.8 Å². The van der Waals surface area contributed by atoms with Gasteiger partial charge in [-0.15, -0.1) is 5.10 Å². The molecule has 1 aromatic carbocycles. The number of anilines is 1. The van der Waals surface area contributed by atoms with Gasteiger partial charge in [0.25, 0.3) is 0 Å². The summed E-state index contributed by atoms with van der Waals surface area (Å²) in [4.78, 5) is 15.5. The minimum Gasteiger partial charge on any atom is -0.497 e. The number of rotatable bonds is 6. The molecular weight excluding hydrogens is 308 g/mol. The Hall–Kier alpha value is -2.42. The summed E-state index contributed by atoms with van der Waals surface area (Å²) in [5.41, 5.74) is 0.960. The van der Waals surface area contributed by atoms with E-state index < -0.39 is 9.84 Å². The maximum absolute atomic E-state index is 11.8. The molecule has 2 N–H and O–H groups in total. The van der Waals surface area contributed by atoms with Gasteiger partial charge in [-0.05, 0) is 24.1 Å². The van der Waals surface area contributed by atoms with Crippen LogP contribution in [0.3, 0.4) is 0 Å². The van der Waals surface area contributed by atoms with E-state index in [-0.39, 0.29) is 23.4 Å². The molecule has 0 unspecified atom stereocenters. The Morgan fingerprint density at radius 2 is 2.18 bits per heavy atom. The number of hydrogen-bond acceptors (Lipinski definition) is 6. The molecule has 0 bridgehead atoms. The summed E-state index contributed by atoms with van der Waals surface area (Å²) in [6.45, 7) is 0. The van der Waals surface area contributed by atoms with E-state index in [9.17, 15) is 13.2 Å². The summed E-state index contributed by atoms with van der Waals surface area (Å²) >= 11 is 0. The first kappa shape index (κ1) is 16.0. The lowest BCUT2D eigenvalue weighted by Gasteiger charge is -2.04. The first-order chi connectivity index (χ1) is 10.4. The van der Waals surface area contributed by atoms with E-state index in [0.29, 0.717) is 6.42 Å². The zero-order chi connectivity index (χ0) is 16.2. The van der Waals surface area contributed by atoms with Gasteiger partial charge in [-0.2, -0.15) is 4.98 Å². The van der Waals surface area contributed by atoms with Crippen LogP contribution in [-0.4, -0.2) is 42.9 Å². The molecule has 118 valence electrons. The molecule has 0 atom stereocenters. The molecular formula is C13H16N4O4S. The Morgan fingerprint density at radius 3 is 2.82 bits per heavy atom. The second-order valence-corrected chi connectivity index (χ2v) is 6.57. The molecule has 0 aliphatic rings. The largest absolute Gasteiger partial charge is 0.497 e.